The van der Waals surface area contributed by atoms with Gasteiger partial charge in [-0.25, -0.2) is 9.97 Å². The molecule has 3 rings (SSSR count). The molecule has 4 heteroatoms. The zero-order valence-electron chi connectivity index (χ0n) is 13.7. The van der Waals surface area contributed by atoms with Crippen LogP contribution in [-0.4, -0.2) is 36.1 Å². The minimum absolute atomic E-state index is 0.859. The summed E-state index contributed by atoms with van der Waals surface area (Å²) in [5, 5.41) is 0. The maximum atomic E-state index is 4.50. The summed E-state index contributed by atoms with van der Waals surface area (Å²) < 4.78 is 0. The molecule has 1 aliphatic heterocycles. The quantitative estimate of drug-likeness (QED) is 0.871. The van der Waals surface area contributed by atoms with Gasteiger partial charge in [0.25, 0.3) is 0 Å². The number of piperazine rings is 1. The second-order valence-corrected chi connectivity index (χ2v) is 5.94. The predicted octanol–water partition coefficient (Wildman–Crippen LogP) is 2.98. The third kappa shape index (κ3) is 2.91. The first-order chi connectivity index (χ1) is 10.7. The van der Waals surface area contributed by atoms with Gasteiger partial charge < -0.3 is 9.80 Å². The highest BCUT2D eigenvalue weighted by Gasteiger charge is 2.20. The van der Waals surface area contributed by atoms with Crippen molar-refractivity contribution in [3.63, 3.8) is 0 Å². The maximum absolute atomic E-state index is 4.50. The van der Waals surface area contributed by atoms with Crippen molar-refractivity contribution in [2.45, 2.75) is 27.2 Å². The Balaban J connectivity index is 1.68. The molecule has 1 aliphatic rings. The molecular weight excluding hydrogens is 272 g/mol. The molecule has 0 spiro atoms. The number of benzene rings is 1. The number of nitrogens with zero attached hydrogens (tertiary/aromatic N) is 4. The molecule has 0 atom stereocenters. The van der Waals surface area contributed by atoms with Crippen LogP contribution in [0.4, 0.5) is 11.6 Å². The Labute approximate surface area is 132 Å². The summed E-state index contributed by atoms with van der Waals surface area (Å²) in [5.41, 5.74) is 5.30. The van der Waals surface area contributed by atoms with Gasteiger partial charge in [-0.2, -0.15) is 0 Å². The Bertz CT molecular complexity index is 628. The lowest BCUT2D eigenvalue weighted by Crippen LogP contribution is -2.47. The van der Waals surface area contributed by atoms with Gasteiger partial charge in [0.1, 0.15) is 0 Å². The molecule has 2 heterocycles. The van der Waals surface area contributed by atoms with Crippen molar-refractivity contribution in [1.82, 2.24) is 9.97 Å². The minimum Gasteiger partial charge on any atom is -0.368 e. The molecule has 22 heavy (non-hydrogen) atoms. The van der Waals surface area contributed by atoms with Crippen molar-refractivity contribution in [1.29, 1.82) is 0 Å². The molecule has 0 N–H and O–H groups in total. The molecule has 4 nitrogen and oxygen atoms in total. The average molecular weight is 296 g/mol. The monoisotopic (exact) mass is 296 g/mol. The van der Waals surface area contributed by atoms with E-state index in [9.17, 15) is 0 Å². The Morgan fingerprint density at radius 3 is 2.23 bits per heavy atom. The normalized spacial score (nSPS) is 15.2. The molecule has 0 unspecified atom stereocenters. The summed E-state index contributed by atoms with van der Waals surface area (Å²) in [5.74, 6) is 0.859. The van der Waals surface area contributed by atoms with Crippen molar-refractivity contribution in [3.8, 4) is 0 Å². The van der Waals surface area contributed by atoms with Gasteiger partial charge >= 0.3 is 0 Å². The summed E-state index contributed by atoms with van der Waals surface area (Å²) >= 11 is 0. The summed E-state index contributed by atoms with van der Waals surface area (Å²) in [4.78, 5) is 13.7. The third-order valence-corrected chi connectivity index (χ3v) is 4.58. The van der Waals surface area contributed by atoms with Crippen molar-refractivity contribution in [2.24, 2.45) is 0 Å². The molecule has 1 aromatic carbocycles. The van der Waals surface area contributed by atoms with Gasteiger partial charge in [0.2, 0.25) is 5.95 Å². The fourth-order valence-corrected chi connectivity index (χ4v) is 2.92. The summed E-state index contributed by atoms with van der Waals surface area (Å²) in [6.07, 6.45) is 4.87. The molecule has 0 saturated carbocycles. The smallest absolute Gasteiger partial charge is 0.225 e. The van der Waals surface area contributed by atoms with E-state index in [-0.39, 0.29) is 0 Å². The molecule has 1 aromatic heterocycles. The lowest BCUT2D eigenvalue weighted by molar-refractivity contribution is 0.638. The highest BCUT2D eigenvalue weighted by molar-refractivity contribution is 5.57. The van der Waals surface area contributed by atoms with Crippen LogP contribution in [0.1, 0.15) is 23.6 Å². The second-order valence-electron chi connectivity index (χ2n) is 5.94. The lowest BCUT2D eigenvalue weighted by atomic mass is 10.1. The van der Waals surface area contributed by atoms with Gasteiger partial charge in [0.15, 0.2) is 0 Å². The van der Waals surface area contributed by atoms with E-state index in [0.29, 0.717) is 0 Å². The van der Waals surface area contributed by atoms with E-state index in [4.69, 9.17) is 0 Å². The average Bonchev–Trinajstić information content (AvgIpc) is 2.58. The van der Waals surface area contributed by atoms with Crippen LogP contribution in [0.2, 0.25) is 0 Å². The number of rotatable bonds is 3. The zero-order valence-corrected chi connectivity index (χ0v) is 13.7. The number of aryl methyl sites for hydroxylation is 2. The van der Waals surface area contributed by atoms with E-state index in [1.54, 1.807) is 0 Å². The van der Waals surface area contributed by atoms with E-state index in [1.165, 1.54) is 22.4 Å². The van der Waals surface area contributed by atoms with Crippen LogP contribution in [0.5, 0.6) is 0 Å². The van der Waals surface area contributed by atoms with Crippen LogP contribution in [0.25, 0.3) is 0 Å². The van der Waals surface area contributed by atoms with Crippen molar-refractivity contribution < 1.29 is 0 Å². The summed E-state index contributed by atoms with van der Waals surface area (Å²) in [6, 6.07) is 6.55. The summed E-state index contributed by atoms with van der Waals surface area (Å²) in [6.45, 7) is 10.5. The number of hydrogen-bond acceptors (Lipinski definition) is 4. The molecule has 0 bridgehead atoms. The van der Waals surface area contributed by atoms with Gasteiger partial charge in [-0.3, -0.25) is 0 Å². The molecule has 0 amide bonds. The third-order valence-electron chi connectivity index (χ3n) is 4.58. The van der Waals surface area contributed by atoms with Crippen molar-refractivity contribution >= 4 is 11.6 Å². The van der Waals surface area contributed by atoms with Gasteiger partial charge in [-0.15, -0.1) is 0 Å². The molecule has 0 aliphatic carbocycles. The van der Waals surface area contributed by atoms with Gasteiger partial charge in [0, 0.05) is 44.3 Å². The molecule has 0 radical (unpaired) electrons. The Morgan fingerprint density at radius 1 is 0.955 bits per heavy atom. The molecule has 2 aromatic rings. The van der Waals surface area contributed by atoms with Crippen LogP contribution in [0.3, 0.4) is 0 Å². The van der Waals surface area contributed by atoms with Crippen molar-refractivity contribution in [2.75, 3.05) is 36.0 Å². The Hall–Kier alpha value is -2.10. The van der Waals surface area contributed by atoms with E-state index in [0.717, 1.165) is 38.5 Å². The summed E-state index contributed by atoms with van der Waals surface area (Å²) in [7, 11) is 0. The van der Waals surface area contributed by atoms with Crippen LogP contribution in [0, 0.1) is 13.8 Å². The van der Waals surface area contributed by atoms with E-state index < -0.39 is 0 Å². The van der Waals surface area contributed by atoms with Gasteiger partial charge in [-0.05, 0) is 43.0 Å². The van der Waals surface area contributed by atoms with Gasteiger partial charge in [0.05, 0.1) is 0 Å². The van der Waals surface area contributed by atoms with E-state index >= 15 is 0 Å². The fourth-order valence-electron chi connectivity index (χ4n) is 2.92. The van der Waals surface area contributed by atoms with Gasteiger partial charge in [-0.1, -0.05) is 19.1 Å². The van der Waals surface area contributed by atoms with Crippen LogP contribution in [0.15, 0.2) is 30.6 Å². The van der Waals surface area contributed by atoms with E-state index in [1.807, 2.05) is 12.4 Å². The fraction of sp³-hybridized carbons (Fsp3) is 0.444. The lowest BCUT2D eigenvalue weighted by Gasteiger charge is -2.37. The first-order valence-electron chi connectivity index (χ1n) is 8.06. The second kappa shape index (κ2) is 6.34. The molecule has 116 valence electrons. The molecule has 1 fully saturated rings. The Morgan fingerprint density at radius 2 is 1.59 bits per heavy atom. The first-order valence-corrected chi connectivity index (χ1v) is 8.06. The topological polar surface area (TPSA) is 32.3 Å². The van der Waals surface area contributed by atoms with Crippen LogP contribution >= 0.6 is 0 Å². The maximum Gasteiger partial charge on any atom is 0.225 e. The Kier molecular flexibility index (Phi) is 4.27. The minimum atomic E-state index is 0.859. The largest absolute Gasteiger partial charge is 0.368 e. The molecule has 1 saturated heterocycles. The number of aromatic nitrogens is 2. The molecular formula is C18H24N4. The first kappa shape index (κ1) is 14.8. The predicted molar refractivity (Wildman–Crippen MR) is 91.8 cm³/mol. The standard InChI is InChI=1S/C18H24N4/c1-4-16-12-19-18(20-13-16)22-10-8-21(9-11-22)17-7-5-6-14(2)15(17)3/h5-7,12-13H,4,8-11H2,1-3H3. The number of anilines is 2. The zero-order chi connectivity index (χ0) is 15.5. The SMILES string of the molecule is CCc1cnc(N2CCN(c3cccc(C)c3C)CC2)nc1. The van der Waals surface area contributed by atoms with Crippen LogP contribution in [-0.2, 0) is 6.42 Å². The van der Waals surface area contributed by atoms with Crippen LogP contribution < -0.4 is 9.80 Å². The highest BCUT2D eigenvalue weighted by atomic mass is 15.3. The number of hydrogen-bond donors (Lipinski definition) is 0. The van der Waals surface area contributed by atoms with E-state index in [2.05, 4.69) is 58.7 Å². The van der Waals surface area contributed by atoms with Crippen molar-refractivity contribution in [3.05, 3.63) is 47.3 Å². The highest BCUT2D eigenvalue weighted by Crippen LogP contribution is 2.24.